The molecular weight excluding hydrogens is 547 g/mol. The molecule has 1 saturated carbocycles. The molecule has 4 rings (SSSR count). The standard InChI is InChI=1S/C26H29IN2O3S/c1-3-13-32-24-20(27)14-17(15-21(24)31-2)16-28-26-23(19-11-7-8-12-22(19)33-26)25(30)29-18-9-5-4-6-10-18/h1,14-16,18H,4-13H2,2H3,(H,29,30). The Hall–Kier alpha value is -2.05. The number of methoxy groups -OCH3 is 1. The maximum absolute atomic E-state index is 13.3. The van der Waals surface area contributed by atoms with Crippen molar-refractivity contribution in [1.29, 1.82) is 0 Å². The Balaban J connectivity index is 1.62. The number of hydrogen-bond acceptors (Lipinski definition) is 5. The number of amides is 1. The Bertz CT molecular complexity index is 1080. The zero-order valence-corrected chi connectivity index (χ0v) is 21.9. The number of rotatable bonds is 7. The van der Waals surface area contributed by atoms with Gasteiger partial charge >= 0.3 is 0 Å². The molecule has 0 unspecified atom stereocenters. The summed E-state index contributed by atoms with van der Waals surface area (Å²) in [6.07, 6.45) is 17.2. The predicted octanol–water partition coefficient (Wildman–Crippen LogP) is 6.07. The Labute approximate surface area is 213 Å². The molecule has 1 aromatic carbocycles. The summed E-state index contributed by atoms with van der Waals surface area (Å²) in [5, 5.41) is 4.11. The van der Waals surface area contributed by atoms with Crippen molar-refractivity contribution in [2.24, 2.45) is 4.99 Å². The van der Waals surface area contributed by atoms with E-state index in [4.69, 9.17) is 20.9 Å². The Morgan fingerprint density at radius 3 is 2.82 bits per heavy atom. The van der Waals surface area contributed by atoms with E-state index in [1.807, 2.05) is 18.3 Å². The van der Waals surface area contributed by atoms with Gasteiger partial charge < -0.3 is 14.8 Å². The third kappa shape index (κ3) is 5.72. The minimum absolute atomic E-state index is 0.0404. The lowest BCUT2D eigenvalue weighted by atomic mass is 9.93. The van der Waals surface area contributed by atoms with E-state index in [0.717, 1.165) is 51.8 Å². The fourth-order valence-corrected chi connectivity index (χ4v) is 6.59. The van der Waals surface area contributed by atoms with Crippen LogP contribution >= 0.6 is 33.9 Å². The number of hydrogen-bond donors (Lipinski definition) is 1. The normalized spacial score (nSPS) is 16.3. The van der Waals surface area contributed by atoms with Crippen molar-refractivity contribution < 1.29 is 14.3 Å². The van der Waals surface area contributed by atoms with Crippen molar-refractivity contribution in [3.8, 4) is 23.8 Å². The molecule has 0 saturated heterocycles. The molecule has 1 amide bonds. The van der Waals surface area contributed by atoms with E-state index >= 15 is 0 Å². The first kappa shape index (κ1) is 24.1. The first-order valence-corrected chi connectivity index (χ1v) is 13.4. The molecule has 7 heteroatoms. The highest BCUT2D eigenvalue weighted by molar-refractivity contribution is 14.1. The van der Waals surface area contributed by atoms with Crippen LogP contribution in [-0.2, 0) is 12.8 Å². The maximum atomic E-state index is 13.3. The number of carbonyl (C=O) groups excluding carboxylic acids is 1. The number of benzene rings is 1. The number of aryl methyl sites for hydroxylation is 1. The van der Waals surface area contributed by atoms with Gasteiger partial charge in [-0.2, -0.15) is 0 Å². The summed E-state index contributed by atoms with van der Waals surface area (Å²) in [7, 11) is 1.61. The molecule has 2 aliphatic rings. The molecule has 0 aliphatic heterocycles. The molecular formula is C26H29IN2O3S. The molecule has 0 radical (unpaired) electrons. The molecule has 2 aliphatic carbocycles. The Morgan fingerprint density at radius 2 is 2.06 bits per heavy atom. The quantitative estimate of drug-likeness (QED) is 0.248. The van der Waals surface area contributed by atoms with Gasteiger partial charge in [0.15, 0.2) is 11.5 Å². The van der Waals surface area contributed by atoms with E-state index in [2.05, 4.69) is 33.8 Å². The van der Waals surface area contributed by atoms with Crippen LogP contribution in [-0.4, -0.2) is 31.9 Å². The smallest absolute Gasteiger partial charge is 0.254 e. The predicted molar refractivity (Wildman–Crippen MR) is 143 cm³/mol. The van der Waals surface area contributed by atoms with Crippen LogP contribution in [0.3, 0.4) is 0 Å². The van der Waals surface area contributed by atoms with Crippen molar-refractivity contribution in [3.63, 3.8) is 0 Å². The maximum Gasteiger partial charge on any atom is 0.254 e. The van der Waals surface area contributed by atoms with E-state index in [0.29, 0.717) is 11.5 Å². The van der Waals surface area contributed by atoms with E-state index in [1.165, 1.54) is 36.1 Å². The molecule has 1 aromatic heterocycles. The summed E-state index contributed by atoms with van der Waals surface area (Å²) in [5.41, 5.74) is 2.87. The van der Waals surface area contributed by atoms with Gasteiger partial charge in [-0.1, -0.05) is 25.2 Å². The van der Waals surface area contributed by atoms with Crippen molar-refractivity contribution in [2.75, 3.05) is 13.7 Å². The lowest BCUT2D eigenvalue weighted by Gasteiger charge is -2.23. The van der Waals surface area contributed by atoms with Crippen LogP contribution in [0.25, 0.3) is 0 Å². The average Bonchev–Trinajstić information content (AvgIpc) is 3.21. The second kappa shape index (κ2) is 11.4. The first-order valence-electron chi connectivity index (χ1n) is 11.5. The molecule has 0 bridgehead atoms. The van der Waals surface area contributed by atoms with Gasteiger partial charge in [0.25, 0.3) is 5.91 Å². The average molecular weight is 577 g/mol. The second-order valence-corrected chi connectivity index (χ2v) is 10.7. The van der Waals surface area contributed by atoms with Gasteiger partial charge in [0.05, 0.1) is 16.2 Å². The highest BCUT2D eigenvalue weighted by Crippen LogP contribution is 2.40. The third-order valence-electron chi connectivity index (χ3n) is 6.20. The number of ether oxygens (including phenoxy) is 2. The lowest BCUT2D eigenvalue weighted by molar-refractivity contribution is 0.0927. The summed E-state index contributed by atoms with van der Waals surface area (Å²) in [6, 6.07) is 4.14. The Kier molecular flexibility index (Phi) is 8.31. The molecule has 33 heavy (non-hydrogen) atoms. The molecule has 174 valence electrons. The largest absolute Gasteiger partial charge is 0.493 e. The second-order valence-electron chi connectivity index (χ2n) is 8.48. The molecule has 2 aromatic rings. The number of nitrogens with one attached hydrogen (secondary N) is 1. The van der Waals surface area contributed by atoms with Crippen molar-refractivity contribution in [2.45, 2.75) is 63.8 Å². The van der Waals surface area contributed by atoms with Crippen LogP contribution in [0, 0.1) is 15.9 Å². The van der Waals surface area contributed by atoms with Gasteiger partial charge in [0, 0.05) is 17.1 Å². The van der Waals surface area contributed by atoms with Crippen LogP contribution in [0.15, 0.2) is 17.1 Å². The van der Waals surface area contributed by atoms with Gasteiger partial charge in [0.1, 0.15) is 11.6 Å². The summed E-state index contributed by atoms with van der Waals surface area (Å²) < 4.78 is 12.0. The first-order chi connectivity index (χ1) is 16.1. The van der Waals surface area contributed by atoms with E-state index in [1.54, 1.807) is 18.4 Å². The van der Waals surface area contributed by atoms with Crippen molar-refractivity contribution in [3.05, 3.63) is 37.3 Å². The highest BCUT2D eigenvalue weighted by Gasteiger charge is 2.27. The van der Waals surface area contributed by atoms with Gasteiger partial charge in [-0.05, 0) is 84.4 Å². The summed E-state index contributed by atoms with van der Waals surface area (Å²) >= 11 is 3.87. The number of carbonyl (C=O) groups is 1. The fraction of sp³-hybridized carbons (Fsp3) is 0.462. The van der Waals surface area contributed by atoms with E-state index in [9.17, 15) is 4.79 Å². The number of nitrogens with zero attached hydrogens (tertiary/aromatic N) is 1. The number of thiophene rings is 1. The summed E-state index contributed by atoms with van der Waals surface area (Å²) in [6.45, 7) is 0.181. The van der Waals surface area contributed by atoms with Crippen LogP contribution < -0.4 is 14.8 Å². The van der Waals surface area contributed by atoms with E-state index < -0.39 is 0 Å². The summed E-state index contributed by atoms with van der Waals surface area (Å²) in [5.74, 6) is 3.76. The van der Waals surface area contributed by atoms with Crippen LogP contribution in [0.5, 0.6) is 11.5 Å². The monoisotopic (exact) mass is 576 g/mol. The number of fused-ring (bicyclic) bond motifs is 1. The minimum atomic E-state index is 0.0404. The molecule has 0 spiro atoms. The molecule has 1 N–H and O–H groups in total. The molecule has 5 nitrogen and oxygen atoms in total. The van der Waals surface area contributed by atoms with Gasteiger partial charge in [-0.25, -0.2) is 4.99 Å². The van der Waals surface area contributed by atoms with Gasteiger partial charge in [0.2, 0.25) is 0 Å². The lowest BCUT2D eigenvalue weighted by Crippen LogP contribution is -2.36. The minimum Gasteiger partial charge on any atom is -0.493 e. The molecule has 0 atom stereocenters. The number of terminal acetylenes is 1. The summed E-state index contributed by atoms with van der Waals surface area (Å²) in [4.78, 5) is 19.5. The zero-order chi connectivity index (χ0) is 23.2. The topological polar surface area (TPSA) is 59.9 Å². The fourth-order valence-electron chi connectivity index (χ4n) is 4.58. The third-order valence-corrected chi connectivity index (χ3v) is 8.20. The molecule has 1 fully saturated rings. The van der Waals surface area contributed by atoms with Crippen LogP contribution in [0.2, 0.25) is 0 Å². The SMILES string of the molecule is C#CCOc1c(I)cc(C=Nc2sc3c(c2C(=O)NC2CCCCC2)CCCC3)cc1OC. The van der Waals surface area contributed by atoms with Gasteiger partial charge in [-0.3, -0.25) is 4.79 Å². The number of aliphatic imine (C=N–C) groups is 1. The van der Waals surface area contributed by atoms with Crippen molar-refractivity contribution in [1.82, 2.24) is 5.32 Å². The van der Waals surface area contributed by atoms with Gasteiger partial charge in [-0.15, -0.1) is 17.8 Å². The molecule has 1 heterocycles. The van der Waals surface area contributed by atoms with E-state index in [-0.39, 0.29) is 18.6 Å². The highest BCUT2D eigenvalue weighted by atomic mass is 127. The van der Waals surface area contributed by atoms with Crippen molar-refractivity contribution >= 4 is 51.1 Å². The van der Waals surface area contributed by atoms with Crippen LogP contribution in [0.4, 0.5) is 5.00 Å². The van der Waals surface area contributed by atoms with Crippen LogP contribution in [0.1, 0.15) is 71.3 Å². The Morgan fingerprint density at radius 1 is 1.27 bits per heavy atom. The number of halogens is 1. The zero-order valence-electron chi connectivity index (χ0n) is 18.9.